The fourth-order valence-corrected chi connectivity index (χ4v) is 4.38. The van der Waals surface area contributed by atoms with Gasteiger partial charge >= 0.3 is 0 Å². The number of hydrogen-bond acceptors (Lipinski definition) is 2. The van der Waals surface area contributed by atoms with Gasteiger partial charge in [-0.15, -0.1) is 0 Å². The maximum absolute atomic E-state index is 4.63. The van der Waals surface area contributed by atoms with Crippen molar-refractivity contribution in [1.82, 2.24) is 9.97 Å². The van der Waals surface area contributed by atoms with Crippen LogP contribution in [0.15, 0.2) is 36.7 Å². The van der Waals surface area contributed by atoms with Gasteiger partial charge in [0.25, 0.3) is 0 Å². The molecule has 0 unspecified atom stereocenters. The summed E-state index contributed by atoms with van der Waals surface area (Å²) in [5.74, 6) is 0.850. The topological polar surface area (TPSA) is 25.8 Å². The van der Waals surface area contributed by atoms with Crippen LogP contribution in [0.5, 0.6) is 0 Å². The van der Waals surface area contributed by atoms with Gasteiger partial charge in [-0.05, 0) is 36.8 Å². The van der Waals surface area contributed by atoms with E-state index >= 15 is 0 Å². The van der Waals surface area contributed by atoms with Gasteiger partial charge < -0.3 is 0 Å². The summed E-state index contributed by atoms with van der Waals surface area (Å²) in [6.45, 7) is 4.56. The molecule has 0 aliphatic carbocycles. The molecule has 1 heterocycles. The molecule has 0 saturated carbocycles. The van der Waals surface area contributed by atoms with E-state index in [1.165, 1.54) is 120 Å². The van der Waals surface area contributed by atoms with E-state index < -0.39 is 0 Å². The third-order valence-electron chi connectivity index (χ3n) is 6.56. The summed E-state index contributed by atoms with van der Waals surface area (Å²) in [5, 5.41) is 0. The van der Waals surface area contributed by atoms with Crippen molar-refractivity contribution in [3.05, 3.63) is 47.8 Å². The second-order valence-corrected chi connectivity index (χ2v) is 9.56. The van der Waals surface area contributed by atoms with Crippen molar-refractivity contribution in [2.24, 2.45) is 0 Å². The number of hydrogen-bond donors (Lipinski definition) is 0. The monoisotopic (exact) mass is 436 g/mol. The first-order chi connectivity index (χ1) is 15.8. The van der Waals surface area contributed by atoms with Crippen LogP contribution in [-0.4, -0.2) is 9.97 Å². The Labute approximate surface area is 198 Å². The number of benzene rings is 1. The van der Waals surface area contributed by atoms with E-state index in [0.29, 0.717) is 0 Å². The number of aryl methyl sites for hydroxylation is 2. The highest BCUT2D eigenvalue weighted by atomic mass is 14.9. The normalized spacial score (nSPS) is 11.2. The van der Waals surface area contributed by atoms with E-state index in [9.17, 15) is 0 Å². The predicted molar refractivity (Wildman–Crippen MR) is 140 cm³/mol. The minimum absolute atomic E-state index is 0.850. The first-order valence-corrected chi connectivity index (χ1v) is 13.7. The first-order valence-electron chi connectivity index (χ1n) is 13.7. The minimum atomic E-state index is 0.850. The lowest BCUT2D eigenvalue weighted by molar-refractivity contribution is 0.565. The van der Waals surface area contributed by atoms with Crippen molar-refractivity contribution in [3.8, 4) is 11.4 Å². The summed E-state index contributed by atoms with van der Waals surface area (Å²) in [5.41, 5.74) is 3.83. The van der Waals surface area contributed by atoms with Gasteiger partial charge in [-0.3, -0.25) is 0 Å². The maximum atomic E-state index is 4.63. The molecule has 2 aromatic rings. The lowest BCUT2D eigenvalue weighted by atomic mass is 10.0. The van der Waals surface area contributed by atoms with Crippen LogP contribution >= 0.6 is 0 Å². The number of aromatic nitrogens is 2. The highest BCUT2D eigenvalue weighted by Crippen LogP contribution is 2.18. The van der Waals surface area contributed by atoms with E-state index in [0.717, 1.165) is 17.8 Å². The Balaban J connectivity index is 1.60. The zero-order valence-electron chi connectivity index (χ0n) is 21.1. The van der Waals surface area contributed by atoms with E-state index in [4.69, 9.17) is 0 Å². The Kier molecular flexibility index (Phi) is 14.8. The first kappa shape index (κ1) is 26.6. The third-order valence-corrected chi connectivity index (χ3v) is 6.56. The van der Waals surface area contributed by atoms with Gasteiger partial charge in [0.2, 0.25) is 0 Å². The fourth-order valence-electron chi connectivity index (χ4n) is 4.38. The van der Waals surface area contributed by atoms with Crippen molar-refractivity contribution in [3.63, 3.8) is 0 Å². The molecule has 0 aliphatic rings. The van der Waals surface area contributed by atoms with Crippen LogP contribution in [0.3, 0.4) is 0 Å². The number of nitrogens with zero attached hydrogens (tertiary/aromatic N) is 2. The summed E-state index contributed by atoms with van der Waals surface area (Å²) >= 11 is 0. The SMILES string of the molecule is CCCCCCCCCCCc1ccc(-c2ncc(CCCCCCCCC)cn2)cc1. The second kappa shape index (κ2) is 17.8. The van der Waals surface area contributed by atoms with E-state index in [-0.39, 0.29) is 0 Å². The van der Waals surface area contributed by atoms with E-state index in [1.54, 1.807) is 0 Å². The molecule has 2 rings (SSSR count). The molecule has 1 aromatic carbocycles. The Morgan fingerprint density at radius 1 is 0.469 bits per heavy atom. The lowest BCUT2D eigenvalue weighted by Crippen LogP contribution is -1.94. The largest absolute Gasteiger partial charge is 0.236 e. The summed E-state index contributed by atoms with van der Waals surface area (Å²) in [6, 6.07) is 8.90. The Bertz CT molecular complexity index is 675. The summed E-state index contributed by atoms with van der Waals surface area (Å²) in [4.78, 5) is 9.26. The molecule has 0 spiro atoms. The van der Waals surface area contributed by atoms with Crippen LogP contribution in [0.25, 0.3) is 11.4 Å². The highest BCUT2D eigenvalue weighted by Gasteiger charge is 2.03. The Hall–Kier alpha value is -1.70. The molecule has 0 aliphatic heterocycles. The molecule has 0 bridgehead atoms. The van der Waals surface area contributed by atoms with Crippen LogP contribution in [0.4, 0.5) is 0 Å². The van der Waals surface area contributed by atoms with Gasteiger partial charge in [0.1, 0.15) is 0 Å². The predicted octanol–water partition coefficient (Wildman–Crippen LogP) is 9.51. The zero-order valence-corrected chi connectivity index (χ0v) is 21.1. The standard InChI is InChI=1S/C30H48N2/c1-3-5-7-9-11-12-14-15-17-19-27-21-23-29(24-22-27)30-31-25-28(26-32-30)20-18-16-13-10-8-6-4-2/h21-26H,3-20H2,1-2H3. The van der Waals surface area contributed by atoms with Gasteiger partial charge in [-0.2, -0.15) is 0 Å². The van der Waals surface area contributed by atoms with Gasteiger partial charge in [0.05, 0.1) is 0 Å². The fraction of sp³-hybridized carbons (Fsp3) is 0.667. The average Bonchev–Trinajstić information content (AvgIpc) is 2.83. The van der Waals surface area contributed by atoms with Crippen LogP contribution in [0.1, 0.15) is 128 Å². The summed E-state index contributed by atoms with van der Waals surface area (Å²) in [6.07, 6.45) is 28.3. The van der Waals surface area contributed by atoms with Crippen molar-refractivity contribution in [2.75, 3.05) is 0 Å². The third kappa shape index (κ3) is 11.8. The second-order valence-electron chi connectivity index (χ2n) is 9.56. The molecular formula is C30H48N2. The van der Waals surface area contributed by atoms with Crippen molar-refractivity contribution < 1.29 is 0 Å². The summed E-state index contributed by atoms with van der Waals surface area (Å²) < 4.78 is 0. The molecule has 0 atom stereocenters. The molecular weight excluding hydrogens is 388 g/mol. The Morgan fingerprint density at radius 3 is 1.34 bits per heavy atom. The number of rotatable bonds is 19. The van der Waals surface area contributed by atoms with Crippen LogP contribution in [0.2, 0.25) is 0 Å². The molecule has 32 heavy (non-hydrogen) atoms. The molecule has 2 nitrogen and oxygen atoms in total. The molecule has 178 valence electrons. The zero-order chi connectivity index (χ0) is 22.7. The van der Waals surface area contributed by atoms with Gasteiger partial charge in [0.15, 0.2) is 5.82 Å². The van der Waals surface area contributed by atoms with Crippen LogP contribution in [0, 0.1) is 0 Å². The van der Waals surface area contributed by atoms with Crippen molar-refractivity contribution >= 4 is 0 Å². The molecule has 0 N–H and O–H groups in total. The maximum Gasteiger partial charge on any atom is 0.159 e. The van der Waals surface area contributed by atoms with Gasteiger partial charge in [-0.25, -0.2) is 9.97 Å². The quantitative estimate of drug-likeness (QED) is 0.205. The summed E-state index contributed by atoms with van der Waals surface area (Å²) in [7, 11) is 0. The molecule has 2 heteroatoms. The van der Waals surface area contributed by atoms with Crippen molar-refractivity contribution in [1.29, 1.82) is 0 Å². The van der Waals surface area contributed by atoms with E-state index in [2.05, 4.69) is 48.1 Å². The van der Waals surface area contributed by atoms with Crippen molar-refractivity contribution in [2.45, 2.75) is 129 Å². The molecule has 0 radical (unpaired) electrons. The Morgan fingerprint density at radius 2 is 0.875 bits per heavy atom. The minimum Gasteiger partial charge on any atom is -0.236 e. The van der Waals surface area contributed by atoms with Gasteiger partial charge in [0, 0.05) is 18.0 Å². The van der Waals surface area contributed by atoms with Gasteiger partial charge in [-0.1, -0.05) is 128 Å². The average molecular weight is 437 g/mol. The lowest BCUT2D eigenvalue weighted by Gasteiger charge is -2.06. The molecule has 1 aromatic heterocycles. The molecule has 0 amide bonds. The highest BCUT2D eigenvalue weighted by molar-refractivity contribution is 5.55. The smallest absolute Gasteiger partial charge is 0.159 e. The van der Waals surface area contributed by atoms with Crippen LogP contribution < -0.4 is 0 Å². The van der Waals surface area contributed by atoms with E-state index in [1.807, 2.05) is 12.4 Å². The number of unbranched alkanes of at least 4 members (excludes halogenated alkanes) is 14. The van der Waals surface area contributed by atoms with Crippen LogP contribution in [-0.2, 0) is 12.8 Å². The molecule has 0 saturated heterocycles. The molecule has 0 fully saturated rings.